The SMILES string of the molecule is CCNCC1CCCN(S(=O)(=O)c2ccn[nH]2)C1. The van der Waals surface area contributed by atoms with Crippen molar-refractivity contribution in [2.75, 3.05) is 26.2 Å². The van der Waals surface area contributed by atoms with Crippen molar-refractivity contribution in [3.63, 3.8) is 0 Å². The van der Waals surface area contributed by atoms with Gasteiger partial charge in [0.2, 0.25) is 0 Å². The molecule has 7 heteroatoms. The number of rotatable bonds is 5. The minimum Gasteiger partial charge on any atom is -0.317 e. The molecule has 1 aliphatic rings. The molecule has 0 amide bonds. The summed E-state index contributed by atoms with van der Waals surface area (Å²) in [6, 6.07) is 1.50. The van der Waals surface area contributed by atoms with Gasteiger partial charge >= 0.3 is 0 Å². The molecule has 6 nitrogen and oxygen atoms in total. The summed E-state index contributed by atoms with van der Waals surface area (Å²) in [4.78, 5) is 0. The lowest BCUT2D eigenvalue weighted by Crippen LogP contribution is -2.42. The molecule has 18 heavy (non-hydrogen) atoms. The van der Waals surface area contributed by atoms with E-state index >= 15 is 0 Å². The first-order valence-corrected chi connectivity index (χ1v) is 7.79. The molecule has 1 aliphatic heterocycles. The van der Waals surface area contributed by atoms with Gasteiger partial charge in [0, 0.05) is 13.1 Å². The molecule has 0 aliphatic carbocycles. The van der Waals surface area contributed by atoms with E-state index in [2.05, 4.69) is 22.4 Å². The average Bonchev–Trinajstić information content (AvgIpc) is 2.91. The van der Waals surface area contributed by atoms with E-state index in [1.165, 1.54) is 12.3 Å². The van der Waals surface area contributed by atoms with Gasteiger partial charge in [-0.3, -0.25) is 5.10 Å². The number of aromatic nitrogens is 2. The zero-order valence-electron chi connectivity index (χ0n) is 10.6. The summed E-state index contributed by atoms with van der Waals surface area (Å²) in [7, 11) is -3.39. The standard InChI is InChI=1S/C11H20N4O2S/c1-2-12-8-10-4-3-7-15(9-10)18(16,17)11-5-6-13-14-11/h5-6,10,12H,2-4,7-9H2,1H3,(H,13,14). The fraction of sp³-hybridized carbons (Fsp3) is 0.727. The third-order valence-electron chi connectivity index (χ3n) is 3.26. The van der Waals surface area contributed by atoms with E-state index in [1.54, 1.807) is 4.31 Å². The summed E-state index contributed by atoms with van der Waals surface area (Å²) in [6.45, 7) is 5.05. The Balaban J connectivity index is 2.04. The number of sulfonamides is 1. The van der Waals surface area contributed by atoms with Crippen molar-refractivity contribution in [2.24, 2.45) is 5.92 Å². The molecule has 0 radical (unpaired) electrons. The molecule has 1 saturated heterocycles. The average molecular weight is 272 g/mol. The van der Waals surface area contributed by atoms with E-state index in [1.807, 2.05) is 0 Å². The van der Waals surface area contributed by atoms with Crippen molar-refractivity contribution in [1.82, 2.24) is 19.8 Å². The highest BCUT2D eigenvalue weighted by molar-refractivity contribution is 7.89. The number of nitrogens with zero attached hydrogens (tertiary/aromatic N) is 2. The van der Waals surface area contributed by atoms with E-state index in [4.69, 9.17) is 0 Å². The van der Waals surface area contributed by atoms with Crippen LogP contribution in [0.3, 0.4) is 0 Å². The quantitative estimate of drug-likeness (QED) is 0.814. The second kappa shape index (κ2) is 5.81. The van der Waals surface area contributed by atoms with Crippen LogP contribution in [0.1, 0.15) is 19.8 Å². The van der Waals surface area contributed by atoms with Crippen LogP contribution in [0.15, 0.2) is 17.3 Å². The molecule has 0 aromatic carbocycles. The topological polar surface area (TPSA) is 78.1 Å². The first-order valence-electron chi connectivity index (χ1n) is 6.35. The zero-order chi connectivity index (χ0) is 13.0. The summed E-state index contributed by atoms with van der Waals surface area (Å²) in [5.74, 6) is 0.399. The highest BCUT2D eigenvalue weighted by Gasteiger charge is 2.30. The molecular weight excluding hydrogens is 252 g/mol. The molecule has 0 saturated carbocycles. The Morgan fingerprint density at radius 2 is 2.44 bits per heavy atom. The van der Waals surface area contributed by atoms with Crippen LogP contribution < -0.4 is 5.32 Å². The fourth-order valence-corrected chi connectivity index (χ4v) is 3.74. The van der Waals surface area contributed by atoms with Gasteiger partial charge in [-0.1, -0.05) is 6.92 Å². The Morgan fingerprint density at radius 1 is 1.61 bits per heavy atom. The first kappa shape index (κ1) is 13.5. The van der Waals surface area contributed by atoms with E-state index in [9.17, 15) is 8.42 Å². The van der Waals surface area contributed by atoms with Crippen molar-refractivity contribution >= 4 is 10.0 Å². The number of H-pyrrole nitrogens is 1. The Hall–Kier alpha value is -0.920. The Bertz CT molecular complexity index is 457. The van der Waals surface area contributed by atoms with E-state index < -0.39 is 10.0 Å². The van der Waals surface area contributed by atoms with E-state index in [0.29, 0.717) is 19.0 Å². The van der Waals surface area contributed by atoms with Gasteiger partial charge in [-0.25, -0.2) is 8.42 Å². The number of nitrogens with one attached hydrogen (secondary N) is 2. The van der Waals surface area contributed by atoms with Crippen LogP contribution in [0, 0.1) is 5.92 Å². The third kappa shape index (κ3) is 2.90. The van der Waals surface area contributed by atoms with Crippen molar-refractivity contribution in [2.45, 2.75) is 24.8 Å². The summed E-state index contributed by atoms with van der Waals surface area (Å²) in [5, 5.41) is 9.72. The normalized spacial score (nSPS) is 22.2. The maximum Gasteiger partial charge on any atom is 0.259 e. The summed E-state index contributed by atoms with van der Waals surface area (Å²) in [6.07, 6.45) is 3.47. The van der Waals surface area contributed by atoms with Gasteiger partial charge in [0.15, 0.2) is 5.03 Å². The molecule has 1 atom stereocenters. The van der Waals surface area contributed by atoms with Crippen LogP contribution in [0.25, 0.3) is 0 Å². The van der Waals surface area contributed by atoms with Crippen LogP contribution >= 0.6 is 0 Å². The first-order chi connectivity index (χ1) is 8.64. The van der Waals surface area contributed by atoms with Crippen LogP contribution in [0.2, 0.25) is 0 Å². The van der Waals surface area contributed by atoms with Gasteiger partial charge < -0.3 is 5.32 Å². The molecule has 0 bridgehead atoms. The molecule has 102 valence electrons. The van der Waals surface area contributed by atoms with Crippen LogP contribution in [0.5, 0.6) is 0 Å². The lowest BCUT2D eigenvalue weighted by Gasteiger charge is -2.31. The maximum atomic E-state index is 12.3. The van der Waals surface area contributed by atoms with E-state index in [-0.39, 0.29) is 5.03 Å². The summed E-state index contributed by atoms with van der Waals surface area (Å²) in [5.41, 5.74) is 0. The summed E-state index contributed by atoms with van der Waals surface area (Å²) < 4.78 is 26.2. The molecule has 2 rings (SSSR count). The minimum absolute atomic E-state index is 0.187. The Labute approximate surface area is 108 Å². The van der Waals surface area contributed by atoms with Gasteiger partial charge in [-0.15, -0.1) is 0 Å². The van der Waals surface area contributed by atoms with E-state index in [0.717, 1.165) is 25.9 Å². The highest BCUT2D eigenvalue weighted by atomic mass is 32.2. The second-order valence-corrected chi connectivity index (χ2v) is 6.51. The van der Waals surface area contributed by atoms with Gasteiger partial charge in [0.25, 0.3) is 10.0 Å². The third-order valence-corrected chi connectivity index (χ3v) is 5.05. The highest BCUT2D eigenvalue weighted by Crippen LogP contribution is 2.22. The molecule has 1 aromatic heterocycles. The monoisotopic (exact) mass is 272 g/mol. The number of aromatic amines is 1. The second-order valence-electron chi connectivity index (χ2n) is 4.60. The van der Waals surface area contributed by atoms with Crippen LogP contribution in [-0.4, -0.2) is 49.1 Å². The van der Waals surface area contributed by atoms with Gasteiger partial charge in [-0.2, -0.15) is 9.40 Å². The van der Waals surface area contributed by atoms with Crippen molar-refractivity contribution in [1.29, 1.82) is 0 Å². The van der Waals surface area contributed by atoms with Gasteiger partial charge in [0.1, 0.15) is 0 Å². The maximum absolute atomic E-state index is 12.3. The van der Waals surface area contributed by atoms with Crippen molar-refractivity contribution in [3.05, 3.63) is 12.3 Å². The molecule has 1 unspecified atom stereocenters. The molecule has 1 fully saturated rings. The van der Waals surface area contributed by atoms with Gasteiger partial charge in [-0.05, 0) is 37.9 Å². The minimum atomic E-state index is -3.39. The van der Waals surface area contributed by atoms with Crippen LogP contribution in [0.4, 0.5) is 0 Å². The molecule has 2 heterocycles. The number of hydrogen-bond donors (Lipinski definition) is 2. The zero-order valence-corrected chi connectivity index (χ0v) is 11.4. The van der Waals surface area contributed by atoms with Crippen LogP contribution in [-0.2, 0) is 10.0 Å². The molecule has 2 N–H and O–H groups in total. The predicted molar refractivity (Wildman–Crippen MR) is 68.6 cm³/mol. The largest absolute Gasteiger partial charge is 0.317 e. The number of piperidine rings is 1. The lowest BCUT2D eigenvalue weighted by atomic mass is 10.00. The fourth-order valence-electron chi connectivity index (χ4n) is 2.29. The molecule has 0 spiro atoms. The summed E-state index contributed by atoms with van der Waals surface area (Å²) >= 11 is 0. The van der Waals surface area contributed by atoms with Crippen molar-refractivity contribution < 1.29 is 8.42 Å². The van der Waals surface area contributed by atoms with Gasteiger partial charge in [0.05, 0.1) is 6.20 Å². The molecule has 1 aromatic rings. The molecular formula is C11H20N4O2S. The lowest BCUT2D eigenvalue weighted by molar-refractivity contribution is 0.260. The smallest absolute Gasteiger partial charge is 0.259 e. The number of hydrogen-bond acceptors (Lipinski definition) is 4. The predicted octanol–water partition coefficient (Wildman–Crippen LogP) is 0.420. The Kier molecular flexibility index (Phi) is 4.36. The Morgan fingerprint density at radius 3 is 3.11 bits per heavy atom. The van der Waals surface area contributed by atoms with Crippen molar-refractivity contribution in [3.8, 4) is 0 Å².